The summed E-state index contributed by atoms with van der Waals surface area (Å²) in [5.41, 5.74) is 6.78. The zero-order valence-electron chi connectivity index (χ0n) is 12.2. The Morgan fingerprint density at radius 3 is 2.77 bits per heavy atom. The number of nitrogens with zero attached hydrogens (tertiary/aromatic N) is 2. The second-order valence-electron chi connectivity index (χ2n) is 4.63. The van der Waals surface area contributed by atoms with E-state index < -0.39 is 0 Å². The molecule has 0 atom stereocenters. The van der Waals surface area contributed by atoms with E-state index in [0.717, 1.165) is 10.2 Å². The standard InChI is InChI=1S/C15H16ClN3O3/c1-3-22-12-7-10(6-11(16)15(12)21)8-18-19-13(17)4-9(2)5-14(19)20/h4-8,21H,3,17H2,1-2H3/b18-8+. The fourth-order valence-corrected chi connectivity index (χ4v) is 2.12. The molecule has 0 unspecified atom stereocenters. The Kier molecular flexibility index (Phi) is 4.72. The molecule has 0 aliphatic carbocycles. The van der Waals surface area contributed by atoms with Gasteiger partial charge in [0.05, 0.1) is 17.8 Å². The Morgan fingerprint density at radius 2 is 2.14 bits per heavy atom. The van der Waals surface area contributed by atoms with Crippen LogP contribution in [0.2, 0.25) is 5.02 Å². The highest BCUT2D eigenvalue weighted by Gasteiger charge is 2.09. The van der Waals surface area contributed by atoms with Crippen molar-refractivity contribution >= 4 is 23.6 Å². The van der Waals surface area contributed by atoms with Crippen LogP contribution in [0.3, 0.4) is 0 Å². The predicted molar refractivity (Wildman–Crippen MR) is 87.1 cm³/mol. The molecule has 0 saturated heterocycles. The molecule has 2 aromatic rings. The second kappa shape index (κ2) is 6.53. The second-order valence-corrected chi connectivity index (χ2v) is 5.04. The summed E-state index contributed by atoms with van der Waals surface area (Å²) in [6, 6.07) is 6.17. The van der Waals surface area contributed by atoms with Crippen molar-refractivity contribution in [2.75, 3.05) is 12.3 Å². The van der Waals surface area contributed by atoms with Gasteiger partial charge in [0.25, 0.3) is 5.56 Å². The van der Waals surface area contributed by atoms with Gasteiger partial charge in [-0.15, -0.1) is 0 Å². The van der Waals surface area contributed by atoms with Crippen LogP contribution in [-0.4, -0.2) is 22.6 Å². The first-order valence-corrected chi connectivity index (χ1v) is 6.99. The molecule has 0 aliphatic heterocycles. The first-order valence-electron chi connectivity index (χ1n) is 6.61. The lowest BCUT2D eigenvalue weighted by atomic mass is 10.2. The number of phenolic OH excluding ortho intramolecular Hbond substituents is 1. The van der Waals surface area contributed by atoms with Crippen LogP contribution in [0.1, 0.15) is 18.1 Å². The number of phenols is 1. The fraction of sp³-hybridized carbons (Fsp3) is 0.200. The lowest BCUT2D eigenvalue weighted by molar-refractivity contribution is 0.318. The third kappa shape index (κ3) is 3.40. The maximum Gasteiger partial charge on any atom is 0.273 e. The van der Waals surface area contributed by atoms with E-state index in [-0.39, 0.29) is 27.9 Å². The molecule has 2 rings (SSSR count). The lowest BCUT2D eigenvalue weighted by Gasteiger charge is -2.08. The minimum Gasteiger partial charge on any atom is -0.503 e. The molecule has 7 heteroatoms. The van der Waals surface area contributed by atoms with Crippen LogP contribution in [0.5, 0.6) is 11.5 Å². The van der Waals surface area contributed by atoms with Crippen molar-refractivity contribution in [2.45, 2.75) is 13.8 Å². The average Bonchev–Trinajstić information content (AvgIpc) is 2.43. The van der Waals surface area contributed by atoms with Gasteiger partial charge >= 0.3 is 0 Å². The number of ether oxygens (including phenoxy) is 1. The molecular formula is C15H16ClN3O3. The summed E-state index contributed by atoms with van der Waals surface area (Å²) in [6.07, 6.45) is 1.42. The number of nitrogen functional groups attached to an aromatic ring is 1. The Balaban J connectivity index is 2.41. The lowest BCUT2D eigenvalue weighted by Crippen LogP contribution is -2.19. The smallest absolute Gasteiger partial charge is 0.273 e. The number of aromatic hydroxyl groups is 1. The molecule has 1 heterocycles. The number of hydrogen-bond donors (Lipinski definition) is 2. The SMILES string of the molecule is CCOc1cc(/C=N/n2c(N)cc(C)cc2=O)cc(Cl)c1O. The zero-order valence-corrected chi connectivity index (χ0v) is 13.0. The van der Waals surface area contributed by atoms with E-state index in [1.165, 1.54) is 18.3 Å². The van der Waals surface area contributed by atoms with Crippen molar-refractivity contribution in [3.63, 3.8) is 0 Å². The summed E-state index contributed by atoms with van der Waals surface area (Å²) in [5.74, 6) is 0.351. The van der Waals surface area contributed by atoms with Gasteiger partial charge in [-0.1, -0.05) is 11.6 Å². The first-order chi connectivity index (χ1) is 10.4. The highest BCUT2D eigenvalue weighted by molar-refractivity contribution is 6.32. The molecule has 0 fully saturated rings. The molecular weight excluding hydrogens is 306 g/mol. The Bertz CT molecular complexity index is 784. The van der Waals surface area contributed by atoms with Gasteiger partial charge in [0.15, 0.2) is 11.5 Å². The van der Waals surface area contributed by atoms with Crippen molar-refractivity contribution in [1.29, 1.82) is 0 Å². The van der Waals surface area contributed by atoms with Crippen molar-refractivity contribution < 1.29 is 9.84 Å². The van der Waals surface area contributed by atoms with Crippen molar-refractivity contribution in [3.05, 3.63) is 50.8 Å². The highest BCUT2D eigenvalue weighted by atomic mass is 35.5. The van der Waals surface area contributed by atoms with Crippen LogP contribution in [0, 0.1) is 6.92 Å². The maximum absolute atomic E-state index is 11.9. The number of benzene rings is 1. The summed E-state index contributed by atoms with van der Waals surface area (Å²) in [6.45, 7) is 3.95. The van der Waals surface area contributed by atoms with E-state index in [0.29, 0.717) is 12.2 Å². The first kappa shape index (κ1) is 15.9. The molecule has 0 aliphatic rings. The largest absolute Gasteiger partial charge is 0.503 e. The molecule has 6 nitrogen and oxygen atoms in total. The molecule has 3 N–H and O–H groups in total. The number of pyridine rings is 1. The molecule has 22 heavy (non-hydrogen) atoms. The van der Waals surface area contributed by atoms with Gasteiger partial charge in [-0.25, -0.2) is 0 Å². The van der Waals surface area contributed by atoms with Crippen LogP contribution < -0.4 is 16.0 Å². The van der Waals surface area contributed by atoms with Gasteiger partial charge in [-0.05, 0) is 43.2 Å². The Morgan fingerprint density at radius 1 is 1.41 bits per heavy atom. The molecule has 0 bridgehead atoms. The summed E-state index contributed by atoms with van der Waals surface area (Å²) < 4.78 is 6.36. The highest BCUT2D eigenvalue weighted by Crippen LogP contribution is 2.34. The third-order valence-electron chi connectivity index (χ3n) is 2.85. The number of halogens is 1. The van der Waals surface area contributed by atoms with Gasteiger partial charge in [-0.3, -0.25) is 4.79 Å². The minimum absolute atomic E-state index is 0.132. The van der Waals surface area contributed by atoms with E-state index in [2.05, 4.69) is 5.10 Å². The Labute approximate surface area is 132 Å². The molecule has 116 valence electrons. The molecule has 0 saturated carbocycles. The normalized spacial score (nSPS) is 11.0. The van der Waals surface area contributed by atoms with Crippen molar-refractivity contribution in [3.8, 4) is 11.5 Å². The quantitative estimate of drug-likeness (QED) is 0.846. The van der Waals surface area contributed by atoms with Crippen molar-refractivity contribution in [2.24, 2.45) is 5.10 Å². The molecule has 0 spiro atoms. The number of nitrogens with two attached hydrogens (primary N) is 1. The van der Waals surface area contributed by atoms with E-state index in [1.54, 1.807) is 26.0 Å². The van der Waals surface area contributed by atoms with E-state index in [9.17, 15) is 9.90 Å². The minimum atomic E-state index is -0.330. The third-order valence-corrected chi connectivity index (χ3v) is 3.14. The van der Waals surface area contributed by atoms with Gasteiger partial charge in [-0.2, -0.15) is 9.78 Å². The van der Waals surface area contributed by atoms with Crippen LogP contribution in [0.4, 0.5) is 5.82 Å². The van der Waals surface area contributed by atoms with Gasteiger partial charge in [0.1, 0.15) is 5.82 Å². The molecule has 1 aromatic heterocycles. The molecule has 1 aromatic carbocycles. The average molecular weight is 322 g/mol. The zero-order chi connectivity index (χ0) is 16.3. The fourth-order valence-electron chi connectivity index (χ4n) is 1.90. The monoisotopic (exact) mass is 321 g/mol. The van der Waals surface area contributed by atoms with E-state index in [4.69, 9.17) is 22.1 Å². The summed E-state index contributed by atoms with van der Waals surface area (Å²) in [4.78, 5) is 11.9. The van der Waals surface area contributed by atoms with Gasteiger partial charge in [0.2, 0.25) is 0 Å². The van der Waals surface area contributed by atoms with Crippen LogP contribution >= 0.6 is 11.6 Å². The number of anilines is 1. The van der Waals surface area contributed by atoms with Crippen LogP contribution in [0.25, 0.3) is 0 Å². The van der Waals surface area contributed by atoms with Crippen molar-refractivity contribution in [1.82, 2.24) is 4.68 Å². The topological polar surface area (TPSA) is 89.8 Å². The van der Waals surface area contributed by atoms with E-state index >= 15 is 0 Å². The van der Waals surface area contributed by atoms with Crippen LogP contribution in [-0.2, 0) is 0 Å². The summed E-state index contributed by atoms with van der Waals surface area (Å²) in [7, 11) is 0. The Hall–Kier alpha value is -2.47. The number of hydrogen-bond acceptors (Lipinski definition) is 5. The molecule has 0 amide bonds. The summed E-state index contributed by atoms with van der Waals surface area (Å²) >= 11 is 5.93. The van der Waals surface area contributed by atoms with E-state index in [1.807, 2.05) is 0 Å². The van der Waals surface area contributed by atoms with Crippen LogP contribution in [0.15, 0.2) is 34.2 Å². The number of aromatic nitrogens is 1. The predicted octanol–water partition coefficient (Wildman–Crippen LogP) is 2.38. The molecule has 0 radical (unpaired) electrons. The summed E-state index contributed by atoms with van der Waals surface area (Å²) in [5, 5.41) is 14.0. The number of aryl methyl sites for hydroxylation is 1. The van der Waals surface area contributed by atoms with Gasteiger partial charge in [0, 0.05) is 6.07 Å². The maximum atomic E-state index is 11.9. The van der Waals surface area contributed by atoms with Gasteiger partial charge < -0.3 is 15.6 Å². The number of rotatable bonds is 4.